The monoisotopic (exact) mass is 385 g/mol. The van der Waals surface area contributed by atoms with Crippen molar-refractivity contribution in [2.75, 3.05) is 30.1 Å². The molecule has 1 amide bonds. The van der Waals surface area contributed by atoms with Gasteiger partial charge < -0.3 is 19.2 Å². The molecule has 0 fully saturated rings. The van der Waals surface area contributed by atoms with Crippen molar-refractivity contribution < 1.29 is 9.21 Å². The van der Waals surface area contributed by atoms with E-state index in [4.69, 9.17) is 4.42 Å². The fourth-order valence-electron chi connectivity index (χ4n) is 2.67. The molecule has 0 aliphatic carbocycles. The predicted octanol–water partition coefficient (Wildman–Crippen LogP) is 3.66. The standard InChI is InChI=1S/C19H23N5O2S/c1-5-24-18(16-10-11-26-13(16)2)21-22-19(24)27-12-17(25)20-14-6-8-15(9-7-14)23(3)4/h6-11H,5,12H2,1-4H3,(H,20,25). The van der Waals surface area contributed by atoms with Crippen LogP contribution in [0.25, 0.3) is 11.4 Å². The summed E-state index contributed by atoms with van der Waals surface area (Å²) in [6.45, 7) is 4.63. The normalized spacial score (nSPS) is 10.8. The Morgan fingerprint density at radius 3 is 2.56 bits per heavy atom. The van der Waals surface area contributed by atoms with Gasteiger partial charge in [-0.3, -0.25) is 4.79 Å². The van der Waals surface area contributed by atoms with E-state index in [0.717, 1.165) is 28.5 Å². The molecule has 0 bridgehead atoms. The first-order valence-corrected chi connectivity index (χ1v) is 9.66. The Hall–Kier alpha value is -2.74. The zero-order chi connectivity index (χ0) is 19.4. The van der Waals surface area contributed by atoms with Crippen LogP contribution in [0.3, 0.4) is 0 Å². The lowest BCUT2D eigenvalue weighted by Gasteiger charge is -2.13. The smallest absolute Gasteiger partial charge is 0.234 e. The summed E-state index contributed by atoms with van der Waals surface area (Å²) in [5.74, 6) is 1.74. The number of amides is 1. The highest BCUT2D eigenvalue weighted by atomic mass is 32.2. The summed E-state index contributed by atoms with van der Waals surface area (Å²) in [7, 11) is 3.96. The van der Waals surface area contributed by atoms with Gasteiger partial charge in [-0.05, 0) is 44.2 Å². The number of nitrogens with one attached hydrogen (secondary N) is 1. The number of hydrogen-bond acceptors (Lipinski definition) is 6. The van der Waals surface area contributed by atoms with E-state index in [1.807, 2.05) is 67.7 Å². The quantitative estimate of drug-likeness (QED) is 0.626. The molecule has 2 heterocycles. The Morgan fingerprint density at radius 2 is 1.96 bits per heavy atom. The van der Waals surface area contributed by atoms with E-state index >= 15 is 0 Å². The summed E-state index contributed by atoms with van der Waals surface area (Å²) in [6, 6.07) is 9.61. The van der Waals surface area contributed by atoms with Crippen LogP contribution in [0.5, 0.6) is 0 Å². The first-order valence-electron chi connectivity index (χ1n) is 8.67. The first-order chi connectivity index (χ1) is 13.0. The fraction of sp³-hybridized carbons (Fsp3) is 0.316. The van der Waals surface area contributed by atoms with Gasteiger partial charge >= 0.3 is 0 Å². The van der Waals surface area contributed by atoms with Gasteiger partial charge in [0.15, 0.2) is 11.0 Å². The third-order valence-electron chi connectivity index (χ3n) is 4.13. The molecule has 27 heavy (non-hydrogen) atoms. The molecular formula is C19H23N5O2S. The molecule has 0 saturated heterocycles. The number of carbonyl (C=O) groups is 1. The second kappa shape index (κ2) is 8.30. The molecule has 0 unspecified atom stereocenters. The Morgan fingerprint density at radius 1 is 1.22 bits per heavy atom. The minimum absolute atomic E-state index is 0.0794. The van der Waals surface area contributed by atoms with Gasteiger partial charge in [0.2, 0.25) is 5.91 Å². The van der Waals surface area contributed by atoms with Crippen molar-refractivity contribution in [3.63, 3.8) is 0 Å². The number of nitrogens with zero attached hydrogens (tertiary/aromatic N) is 4. The van der Waals surface area contributed by atoms with Gasteiger partial charge in [-0.2, -0.15) is 0 Å². The lowest BCUT2D eigenvalue weighted by Crippen LogP contribution is -2.15. The number of thioether (sulfide) groups is 1. The summed E-state index contributed by atoms with van der Waals surface area (Å²) in [5.41, 5.74) is 2.78. The molecule has 0 aliphatic rings. The van der Waals surface area contributed by atoms with Gasteiger partial charge in [0.25, 0.3) is 0 Å². The number of benzene rings is 1. The molecule has 8 heteroatoms. The van der Waals surface area contributed by atoms with Crippen molar-refractivity contribution in [1.82, 2.24) is 14.8 Å². The Kier molecular flexibility index (Phi) is 5.85. The highest BCUT2D eigenvalue weighted by Crippen LogP contribution is 2.27. The molecule has 0 radical (unpaired) electrons. The van der Waals surface area contributed by atoms with Crippen LogP contribution in [-0.4, -0.2) is 40.5 Å². The largest absolute Gasteiger partial charge is 0.469 e. The van der Waals surface area contributed by atoms with Crippen molar-refractivity contribution in [1.29, 1.82) is 0 Å². The summed E-state index contributed by atoms with van der Waals surface area (Å²) in [4.78, 5) is 14.3. The van der Waals surface area contributed by atoms with Crippen LogP contribution < -0.4 is 10.2 Å². The third kappa shape index (κ3) is 4.33. The number of hydrogen-bond donors (Lipinski definition) is 1. The number of carbonyl (C=O) groups excluding carboxylic acids is 1. The molecule has 7 nitrogen and oxygen atoms in total. The summed E-state index contributed by atoms with van der Waals surface area (Å²) in [5, 5.41) is 12.1. The number of rotatable bonds is 7. The molecule has 2 aromatic heterocycles. The zero-order valence-corrected chi connectivity index (χ0v) is 16.7. The van der Waals surface area contributed by atoms with E-state index in [2.05, 4.69) is 15.5 Å². The molecule has 142 valence electrons. The topological polar surface area (TPSA) is 76.2 Å². The zero-order valence-electron chi connectivity index (χ0n) is 15.9. The van der Waals surface area contributed by atoms with Crippen LogP contribution in [0.2, 0.25) is 0 Å². The molecule has 0 atom stereocenters. The maximum absolute atomic E-state index is 12.3. The number of furan rings is 1. The van der Waals surface area contributed by atoms with Gasteiger partial charge in [0.1, 0.15) is 5.76 Å². The second-order valence-corrected chi connectivity index (χ2v) is 7.16. The molecule has 1 aromatic carbocycles. The third-order valence-corrected chi connectivity index (χ3v) is 5.10. The van der Waals surface area contributed by atoms with Gasteiger partial charge in [-0.1, -0.05) is 11.8 Å². The SMILES string of the molecule is CCn1c(SCC(=O)Nc2ccc(N(C)C)cc2)nnc1-c1ccoc1C. The molecule has 3 rings (SSSR count). The van der Waals surface area contributed by atoms with Gasteiger partial charge in [-0.25, -0.2) is 0 Å². The molecule has 0 saturated carbocycles. The summed E-state index contributed by atoms with van der Waals surface area (Å²) in [6.07, 6.45) is 1.64. The van der Waals surface area contributed by atoms with E-state index in [1.54, 1.807) is 6.26 Å². The highest BCUT2D eigenvalue weighted by molar-refractivity contribution is 7.99. The number of aromatic nitrogens is 3. The predicted molar refractivity (Wildman–Crippen MR) is 108 cm³/mol. The fourth-order valence-corrected chi connectivity index (χ4v) is 3.47. The van der Waals surface area contributed by atoms with E-state index in [0.29, 0.717) is 11.7 Å². The minimum Gasteiger partial charge on any atom is -0.469 e. The average molecular weight is 385 g/mol. The van der Waals surface area contributed by atoms with Crippen LogP contribution in [-0.2, 0) is 11.3 Å². The lowest BCUT2D eigenvalue weighted by molar-refractivity contribution is -0.113. The van der Waals surface area contributed by atoms with E-state index in [9.17, 15) is 4.79 Å². The molecule has 1 N–H and O–H groups in total. The van der Waals surface area contributed by atoms with Crippen molar-refractivity contribution in [2.45, 2.75) is 25.5 Å². The summed E-state index contributed by atoms with van der Waals surface area (Å²) < 4.78 is 7.35. The average Bonchev–Trinajstić information content (AvgIpc) is 3.25. The van der Waals surface area contributed by atoms with Gasteiger partial charge in [-0.15, -0.1) is 10.2 Å². The van der Waals surface area contributed by atoms with Crippen LogP contribution in [0.4, 0.5) is 11.4 Å². The van der Waals surface area contributed by atoms with E-state index in [-0.39, 0.29) is 11.7 Å². The van der Waals surface area contributed by atoms with Crippen LogP contribution in [0.15, 0.2) is 46.2 Å². The van der Waals surface area contributed by atoms with Crippen molar-refractivity contribution in [3.05, 3.63) is 42.4 Å². The molecule has 0 spiro atoms. The maximum atomic E-state index is 12.3. The van der Waals surface area contributed by atoms with Crippen LogP contribution in [0, 0.1) is 6.92 Å². The van der Waals surface area contributed by atoms with Crippen LogP contribution in [0.1, 0.15) is 12.7 Å². The Bertz CT molecular complexity index is 915. The Labute approximate surface area is 162 Å². The van der Waals surface area contributed by atoms with E-state index < -0.39 is 0 Å². The van der Waals surface area contributed by atoms with Gasteiger partial charge in [0.05, 0.1) is 17.6 Å². The maximum Gasteiger partial charge on any atom is 0.234 e. The van der Waals surface area contributed by atoms with Crippen LogP contribution >= 0.6 is 11.8 Å². The van der Waals surface area contributed by atoms with Gasteiger partial charge in [0, 0.05) is 32.0 Å². The Balaban J connectivity index is 1.64. The number of anilines is 2. The molecule has 3 aromatic rings. The van der Waals surface area contributed by atoms with Crippen molar-refractivity contribution >= 4 is 29.0 Å². The van der Waals surface area contributed by atoms with Crippen molar-refractivity contribution in [3.8, 4) is 11.4 Å². The molecule has 0 aliphatic heterocycles. The van der Waals surface area contributed by atoms with Crippen molar-refractivity contribution in [2.24, 2.45) is 0 Å². The lowest BCUT2D eigenvalue weighted by atomic mass is 10.2. The second-order valence-electron chi connectivity index (χ2n) is 6.22. The minimum atomic E-state index is -0.0794. The highest BCUT2D eigenvalue weighted by Gasteiger charge is 2.17. The van der Waals surface area contributed by atoms with E-state index in [1.165, 1.54) is 11.8 Å². The number of aryl methyl sites for hydroxylation is 1. The first kappa shape index (κ1) is 19.0. The molecular weight excluding hydrogens is 362 g/mol. The summed E-state index contributed by atoms with van der Waals surface area (Å²) >= 11 is 1.37.